The fourth-order valence-corrected chi connectivity index (χ4v) is 2.79. The van der Waals surface area contributed by atoms with Crippen molar-refractivity contribution in [3.63, 3.8) is 0 Å². The van der Waals surface area contributed by atoms with Gasteiger partial charge in [-0.2, -0.15) is 0 Å². The van der Waals surface area contributed by atoms with Gasteiger partial charge < -0.3 is 14.7 Å². The average molecular weight is 213 g/mol. The molecule has 2 rings (SSSR count). The van der Waals surface area contributed by atoms with Crippen molar-refractivity contribution in [3.8, 4) is 0 Å². The zero-order chi connectivity index (χ0) is 10.7. The van der Waals surface area contributed by atoms with Gasteiger partial charge in [0.2, 0.25) is 0 Å². The molecule has 1 saturated carbocycles. The van der Waals surface area contributed by atoms with E-state index in [0.717, 1.165) is 26.2 Å². The molecule has 0 amide bonds. The standard InChI is InChI=1S/C12H23NO2/c1-13(11-4-2-3-5-11)8-12(14)10-6-7-15-9-10/h10-12,14H,2-9H2,1H3. The van der Waals surface area contributed by atoms with E-state index in [0.29, 0.717) is 12.0 Å². The van der Waals surface area contributed by atoms with E-state index in [9.17, 15) is 5.11 Å². The van der Waals surface area contributed by atoms with E-state index >= 15 is 0 Å². The van der Waals surface area contributed by atoms with Gasteiger partial charge in [-0.25, -0.2) is 0 Å². The Morgan fingerprint density at radius 2 is 2.07 bits per heavy atom. The van der Waals surface area contributed by atoms with Crippen LogP contribution in [0.5, 0.6) is 0 Å². The highest BCUT2D eigenvalue weighted by atomic mass is 16.5. The Labute approximate surface area is 92.4 Å². The fourth-order valence-electron chi connectivity index (χ4n) is 2.79. The topological polar surface area (TPSA) is 32.7 Å². The summed E-state index contributed by atoms with van der Waals surface area (Å²) in [5.74, 6) is 0.369. The molecule has 1 aliphatic carbocycles. The summed E-state index contributed by atoms with van der Waals surface area (Å²) < 4.78 is 5.31. The Morgan fingerprint density at radius 1 is 1.33 bits per heavy atom. The van der Waals surface area contributed by atoms with E-state index < -0.39 is 0 Å². The van der Waals surface area contributed by atoms with E-state index in [1.54, 1.807) is 0 Å². The molecule has 3 heteroatoms. The van der Waals surface area contributed by atoms with Crippen LogP contribution < -0.4 is 0 Å². The summed E-state index contributed by atoms with van der Waals surface area (Å²) in [7, 11) is 2.15. The predicted molar refractivity (Wildman–Crippen MR) is 59.8 cm³/mol. The molecule has 88 valence electrons. The SMILES string of the molecule is CN(CC(O)C1CCOC1)C1CCCC1. The second kappa shape index (κ2) is 5.28. The first kappa shape index (κ1) is 11.4. The average Bonchev–Trinajstić information content (AvgIpc) is 2.91. The fraction of sp³-hybridized carbons (Fsp3) is 1.00. The number of nitrogens with zero attached hydrogens (tertiary/aromatic N) is 1. The lowest BCUT2D eigenvalue weighted by atomic mass is 10.0. The van der Waals surface area contributed by atoms with Gasteiger partial charge in [-0.1, -0.05) is 12.8 Å². The van der Waals surface area contributed by atoms with Crippen molar-refractivity contribution in [1.29, 1.82) is 0 Å². The van der Waals surface area contributed by atoms with Crippen molar-refractivity contribution in [2.24, 2.45) is 5.92 Å². The first-order valence-corrected chi connectivity index (χ1v) is 6.23. The Kier molecular flexibility index (Phi) is 4.00. The van der Waals surface area contributed by atoms with Gasteiger partial charge in [-0.05, 0) is 26.3 Å². The summed E-state index contributed by atoms with van der Waals surface area (Å²) in [6, 6.07) is 0.710. The van der Waals surface area contributed by atoms with Gasteiger partial charge in [0.1, 0.15) is 0 Å². The van der Waals surface area contributed by atoms with Gasteiger partial charge in [0, 0.05) is 25.1 Å². The summed E-state index contributed by atoms with van der Waals surface area (Å²) in [6.45, 7) is 2.40. The van der Waals surface area contributed by atoms with Crippen LogP contribution in [-0.4, -0.2) is 49.0 Å². The minimum absolute atomic E-state index is 0.196. The number of likely N-dealkylation sites (N-methyl/N-ethyl adjacent to an activating group) is 1. The molecular formula is C12H23NO2. The van der Waals surface area contributed by atoms with Gasteiger partial charge in [0.25, 0.3) is 0 Å². The van der Waals surface area contributed by atoms with E-state index in [1.165, 1.54) is 25.7 Å². The van der Waals surface area contributed by atoms with E-state index in [4.69, 9.17) is 4.74 Å². The molecule has 0 radical (unpaired) electrons. The molecule has 15 heavy (non-hydrogen) atoms. The molecule has 2 aliphatic rings. The number of aliphatic hydroxyl groups excluding tert-OH is 1. The van der Waals surface area contributed by atoms with Crippen LogP contribution in [-0.2, 0) is 4.74 Å². The van der Waals surface area contributed by atoms with Crippen molar-refractivity contribution in [2.75, 3.05) is 26.8 Å². The molecule has 2 fully saturated rings. The first-order valence-electron chi connectivity index (χ1n) is 6.23. The van der Waals surface area contributed by atoms with Gasteiger partial charge in [0.15, 0.2) is 0 Å². The van der Waals surface area contributed by atoms with Crippen LogP contribution in [0.4, 0.5) is 0 Å². The number of rotatable bonds is 4. The van der Waals surface area contributed by atoms with Crippen LogP contribution in [0.2, 0.25) is 0 Å². The predicted octanol–water partition coefficient (Wildman–Crippen LogP) is 1.26. The highest BCUT2D eigenvalue weighted by Gasteiger charge is 2.27. The van der Waals surface area contributed by atoms with Crippen LogP contribution in [0.25, 0.3) is 0 Å². The maximum absolute atomic E-state index is 10.1. The smallest absolute Gasteiger partial charge is 0.0718 e. The molecule has 0 aromatic heterocycles. The largest absolute Gasteiger partial charge is 0.391 e. The molecular weight excluding hydrogens is 190 g/mol. The van der Waals surface area contributed by atoms with E-state index in [1.807, 2.05) is 0 Å². The highest BCUT2D eigenvalue weighted by molar-refractivity contribution is 4.80. The van der Waals surface area contributed by atoms with Gasteiger partial charge >= 0.3 is 0 Å². The minimum atomic E-state index is -0.196. The molecule has 2 atom stereocenters. The third kappa shape index (κ3) is 2.92. The molecule has 0 aromatic carbocycles. The van der Waals surface area contributed by atoms with Crippen LogP contribution in [0.15, 0.2) is 0 Å². The molecule has 1 N–H and O–H groups in total. The van der Waals surface area contributed by atoms with Crippen LogP contribution in [0.3, 0.4) is 0 Å². The second-order valence-corrected chi connectivity index (χ2v) is 5.07. The zero-order valence-corrected chi connectivity index (χ0v) is 9.69. The molecule has 0 aromatic rings. The summed E-state index contributed by atoms with van der Waals surface area (Å²) in [5, 5.41) is 10.1. The number of aliphatic hydroxyl groups is 1. The third-order valence-electron chi connectivity index (χ3n) is 3.93. The zero-order valence-electron chi connectivity index (χ0n) is 9.69. The summed E-state index contributed by atoms with van der Waals surface area (Å²) in [6.07, 6.45) is 6.17. The van der Waals surface area contributed by atoms with Gasteiger partial charge in [0.05, 0.1) is 12.7 Å². The number of hydrogen-bond donors (Lipinski definition) is 1. The van der Waals surface area contributed by atoms with Crippen LogP contribution in [0, 0.1) is 5.92 Å². The highest BCUT2D eigenvalue weighted by Crippen LogP contribution is 2.24. The van der Waals surface area contributed by atoms with Crippen LogP contribution in [0.1, 0.15) is 32.1 Å². The molecule has 1 aliphatic heterocycles. The summed E-state index contributed by atoms with van der Waals surface area (Å²) >= 11 is 0. The normalized spacial score (nSPS) is 30.2. The minimum Gasteiger partial charge on any atom is -0.391 e. The molecule has 0 bridgehead atoms. The van der Waals surface area contributed by atoms with E-state index in [-0.39, 0.29) is 6.10 Å². The number of hydrogen-bond acceptors (Lipinski definition) is 3. The second-order valence-electron chi connectivity index (χ2n) is 5.07. The monoisotopic (exact) mass is 213 g/mol. The Hall–Kier alpha value is -0.120. The molecule has 1 saturated heterocycles. The molecule has 2 unspecified atom stereocenters. The Morgan fingerprint density at radius 3 is 2.67 bits per heavy atom. The van der Waals surface area contributed by atoms with Crippen molar-refractivity contribution in [3.05, 3.63) is 0 Å². The lowest BCUT2D eigenvalue weighted by molar-refractivity contribution is 0.0519. The third-order valence-corrected chi connectivity index (χ3v) is 3.93. The summed E-state index contributed by atoms with van der Waals surface area (Å²) in [5.41, 5.74) is 0. The van der Waals surface area contributed by atoms with Crippen molar-refractivity contribution in [1.82, 2.24) is 4.90 Å². The molecule has 3 nitrogen and oxygen atoms in total. The van der Waals surface area contributed by atoms with Crippen LogP contribution >= 0.6 is 0 Å². The van der Waals surface area contributed by atoms with Crippen molar-refractivity contribution >= 4 is 0 Å². The lowest BCUT2D eigenvalue weighted by Gasteiger charge is -2.28. The Balaban J connectivity index is 1.74. The summed E-state index contributed by atoms with van der Waals surface area (Å²) in [4.78, 5) is 2.34. The first-order chi connectivity index (χ1) is 7.27. The Bertz CT molecular complexity index is 166. The van der Waals surface area contributed by atoms with Gasteiger partial charge in [-0.3, -0.25) is 0 Å². The number of ether oxygens (including phenoxy) is 1. The lowest BCUT2D eigenvalue weighted by Crippen LogP contribution is -2.39. The maximum Gasteiger partial charge on any atom is 0.0718 e. The molecule has 0 spiro atoms. The quantitative estimate of drug-likeness (QED) is 0.763. The van der Waals surface area contributed by atoms with E-state index in [2.05, 4.69) is 11.9 Å². The van der Waals surface area contributed by atoms with Gasteiger partial charge in [-0.15, -0.1) is 0 Å². The molecule has 1 heterocycles. The van der Waals surface area contributed by atoms with Crippen molar-refractivity contribution in [2.45, 2.75) is 44.2 Å². The maximum atomic E-state index is 10.1. The van der Waals surface area contributed by atoms with Crippen molar-refractivity contribution < 1.29 is 9.84 Å².